The number of unbranched alkanes of at least 4 members (excludes halogenated alkanes) is 1. The van der Waals surface area contributed by atoms with E-state index in [4.69, 9.17) is 9.47 Å². The molecule has 1 aliphatic rings. The van der Waals surface area contributed by atoms with Gasteiger partial charge in [0, 0.05) is 18.1 Å². The Morgan fingerprint density at radius 2 is 1.91 bits per heavy atom. The summed E-state index contributed by atoms with van der Waals surface area (Å²) in [5.41, 5.74) is 3.31. The third-order valence-electron chi connectivity index (χ3n) is 5.48. The van der Waals surface area contributed by atoms with Crippen molar-refractivity contribution in [3.8, 4) is 6.07 Å². The molecule has 2 aromatic rings. The van der Waals surface area contributed by atoms with E-state index in [0.29, 0.717) is 34.7 Å². The van der Waals surface area contributed by atoms with Crippen molar-refractivity contribution >= 4 is 17.6 Å². The summed E-state index contributed by atoms with van der Waals surface area (Å²) in [6.07, 6.45) is 5.42. The van der Waals surface area contributed by atoms with Crippen LogP contribution in [0.3, 0.4) is 0 Å². The van der Waals surface area contributed by atoms with Gasteiger partial charge in [-0.25, -0.2) is 4.79 Å². The number of esters is 2. The molecule has 34 heavy (non-hydrogen) atoms. The molecule has 0 radical (unpaired) electrons. The van der Waals surface area contributed by atoms with Crippen LogP contribution in [0.25, 0.3) is 5.70 Å². The average molecular weight is 460 g/mol. The van der Waals surface area contributed by atoms with Gasteiger partial charge in [-0.05, 0) is 37.0 Å². The summed E-state index contributed by atoms with van der Waals surface area (Å²) in [5.74, 6) is -1.51. The Morgan fingerprint density at radius 1 is 1.12 bits per heavy atom. The van der Waals surface area contributed by atoms with Gasteiger partial charge < -0.3 is 14.8 Å². The first kappa shape index (κ1) is 24.7. The standard InChI is InChI=1S/C27H29N3O4/c1-3-5-16-34-23(31)14-13-22-21(17-28)24(20-12-9-15-29-18-20)25(27(32)33-4-2)26(30-22)19-10-7-6-8-11-19/h6-12,15,18,24,30H,3-5,13-14,16H2,1-2H3/t24-/m0/s1. The minimum Gasteiger partial charge on any atom is -0.466 e. The van der Waals surface area contributed by atoms with Gasteiger partial charge in [-0.1, -0.05) is 49.7 Å². The number of ether oxygens (including phenoxy) is 2. The van der Waals surface area contributed by atoms with E-state index in [2.05, 4.69) is 16.4 Å². The normalized spacial score (nSPS) is 15.4. The Morgan fingerprint density at radius 3 is 2.56 bits per heavy atom. The highest BCUT2D eigenvalue weighted by Crippen LogP contribution is 2.41. The van der Waals surface area contributed by atoms with Gasteiger partial charge >= 0.3 is 11.9 Å². The number of dihydropyridines is 1. The molecule has 0 aliphatic carbocycles. The van der Waals surface area contributed by atoms with Crippen LogP contribution in [-0.2, 0) is 19.1 Å². The highest BCUT2D eigenvalue weighted by molar-refractivity contribution is 6.01. The molecule has 2 heterocycles. The molecule has 0 fully saturated rings. The van der Waals surface area contributed by atoms with Crippen molar-refractivity contribution in [2.24, 2.45) is 0 Å². The SMILES string of the molecule is CCCCOC(=O)CCC1=C(C#N)[C@H](c2cccnc2)C(C(=O)OCC)=C(c2ccccc2)N1. The second-order valence-corrected chi connectivity index (χ2v) is 7.80. The monoisotopic (exact) mass is 459 g/mol. The summed E-state index contributed by atoms with van der Waals surface area (Å²) in [5, 5.41) is 13.4. The van der Waals surface area contributed by atoms with Crippen molar-refractivity contribution in [3.63, 3.8) is 0 Å². The molecule has 0 unspecified atom stereocenters. The molecular formula is C27H29N3O4. The molecule has 1 aromatic heterocycles. The molecule has 1 aliphatic heterocycles. The van der Waals surface area contributed by atoms with Crippen LogP contribution in [0.1, 0.15) is 56.6 Å². The molecule has 1 aromatic carbocycles. The number of allylic oxidation sites excluding steroid dienone is 2. The first-order chi connectivity index (χ1) is 16.6. The topological polar surface area (TPSA) is 101 Å². The van der Waals surface area contributed by atoms with Gasteiger partial charge in [-0.3, -0.25) is 9.78 Å². The molecule has 3 rings (SSSR count). The number of pyridine rings is 1. The zero-order valence-corrected chi connectivity index (χ0v) is 19.5. The fourth-order valence-electron chi connectivity index (χ4n) is 3.85. The van der Waals surface area contributed by atoms with Crippen LogP contribution in [0.2, 0.25) is 0 Å². The Labute approximate surface area is 200 Å². The van der Waals surface area contributed by atoms with Crippen molar-refractivity contribution < 1.29 is 19.1 Å². The van der Waals surface area contributed by atoms with Crippen molar-refractivity contribution in [1.82, 2.24) is 10.3 Å². The zero-order valence-electron chi connectivity index (χ0n) is 19.5. The van der Waals surface area contributed by atoms with E-state index in [1.165, 1.54) is 0 Å². The van der Waals surface area contributed by atoms with Crippen LogP contribution in [-0.4, -0.2) is 30.1 Å². The smallest absolute Gasteiger partial charge is 0.337 e. The molecule has 1 N–H and O–H groups in total. The quantitative estimate of drug-likeness (QED) is 0.408. The number of aromatic nitrogens is 1. The lowest BCUT2D eigenvalue weighted by Crippen LogP contribution is -2.30. The van der Waals surface area contributed by atoms with Crippen LogP contribution >= 0.6 is 0 Å². The van der Waals surface area contributed by atoms with Gasteiger partial charge in [0.05, 0.1) is 48.5 Å². The zero-order chi connectivity index (χ0) is 24.3. The molecule has 0 saturated heterocycles. The fourth-order valence-corrected chi connectivity index (χ4v) is 3.85. The van der Waals surface area contributed by atoms with Crippen molar-refractivity contribution in [1.29, 1.82) is 5.26 Å². The molecular weight excluding hydrogens is 430 g/mol. The average Bonchev–Trinajstić information content (AvgIpc) is 2.87. The molecule has 7 heteroatoms. The van der Waals surface area contributed by atoms with E-state index in [-0.39, 0.29) is 25.4 Å². The molecule has 1 atom stereocenters. The van der Waals surface area contributed by atoms with Gasteiger partial charge in [-0.2, -0.15) is 5.26 Å². The highest BCUT2D eigenvalue weighted by Gasteiger charge is 2.37. The predicted octanol–water partition coefficient (Wildman–Crippen LogP) is 4.64. The van der Waals surface area contributed by atoms with E-state index >= 15 is 0 Å². The Balaban J connectivity index is 2.08. The number of nitriles is 1. The number of nitrogens with zero attached hydrogens (tertiary/aromatic N) is 2. The number of hydrogen-bond acceptors (Lipinski definition) is 7. The lowest BCUT2D eigenvalue weighted by Gasteiger charge is -2.31. The van der Waals surface area contributed by atoms with Crippen LogP contribution in [0.5, 0.6) is 0 Å². The third kappa shape index (κ3) is 5.90. The maximum absolute atomic E-state index is 13.2. The number of hydrogen-bond donors (Lipinski definition) is 1. The van der Waals surface area contributed by atoms with E-state index in [0.717, 1.165) is 18.4 Å². The van der Waals surface area contributed by atoms with Crippen molar-refractivity contribution in [3.05, 3.63) is 82.8 Å². The van der Waals surface area contributed by atoms with Gasteiger partial charge in [-0.15, -0.1) is 0 Å². The van der Waals surface area contributed by atoms with E-state index in [1.54, 1.807) is 25.4 Å². The van der Waals surface area contributed by atoms with Crippen LogP contribution in [0.4, 0.5) is 0 Å². The molecule has 0 spiro atoms. The maximum atomic E-state index is 13.2. The lowest BCUT2D eigenvalue weighted by molar-refractivity contribution is -0.143. The molecule has 0 saturated carbocycles. The Hall–Kier alpha value is -3.92. The van der Waals surface area contributed by atoms with E-state index < -0.39 is 11.9 Å². The fraction of sp³-hybridized carbons (Fsp3) is 0.333. The number of carbonyl (C=O) groups is 2. The van der Waals surface area contributed by atoms with Crippen LogP contribution < -0.4 is 5.32 Å². The number of nitrogens with one attached hydrogen (secondary N) is 1. The highest BCUT2D eigenvalue weighted by atomic mass is 16.5. The van der Waals surface area contributed by atoms with E-state index in [1.807, 2.05) is 43.3 Å². The van der Waals surface area contributed by atoms with Gasteiger partial charge in [0.2, 0.25) is 0 Å². The summed E-state index contributed by atoms with van der Waals surface area (Å²) in [6.45, 7) is 4.35. The molecule has 0 amide bonds. The largest absolute Gasteiger partial charge is 0.466 e. The Kier molecular flexibility index (Phi) is 8.98. The lowest BCUT2D eigenvalue weighted by atomic mass is 9.79. The van der Waals surface area contributed by atoms with Gasteiger partial charge in [0.25, 0.3) is 0 Å². The van der Waals surface area contributed by atoms with Crippen molar-refractivity contribution in [2.45, 2.75) is 45.4 Å². The first-order valence-corrected chi connectivity index (χ1v) is 11.5. The maximum Gasteiger partial charge on any atom is 0.337 e. The van der Waals surface area contributed by atoms with Crippen molar-refractivity contribution in [2.75, 3.05) is 13.2 Å². The summed E-state index contributed by atoms with van der Waals surface area (Å²) in [7, 11) is 0. The minimum absolute atomic E-state index is 0.119. The predicted molar refractivity (Wildman–Crippen MR) is 128 cm³/mol. The first-order valence-electron chi connectivity index (χ1n) is 11.5. The summed E-state index contributed by atoms with van der Waals surface area (Å²) < 4.78 is 10.7. The summed E-state index contributed by atoms with van der Waals surface area (Å²) in [6, 6.07) is 15.3. The number of benzene rings is 1. The molecule has 7 nitrogen and oxygen atoms in total. The number of rotatable bonds is 10. The molecule has 176 valence electrons. The van der Waals surface area contributed by atoms with Gasteiger partial charge in [0.1, 0.15) is 0 Å². The van der Waals surface area contributed by atoms with E-state index in [9.17, 15) is 14.9 Å². The van der Waals surface area contributed by atoms with Crippen LogP contribution in [0.15, 0.2) is 71.7 Å². The third-order valence-corrected chi connectivity index (χ3v) is 5.48. The summed E-state index contributed by atoms with van der Waals surface area (Å²) >= 11 is 0. The van der Waals surface area contributed by atoms with Gasteiger partial charge in [0.15, 0.2) is 0 Å². The van der Waals surface area contributed by atoms with Crippen LogP contribution in [0, 0.1) is 11.3 Å². The number of carbonyl (C=O) groups excluding carboxylic acids is 2. The minimum atomic E-state index is -0.680. The second-order valence-electron chi connectivity index (χ2n) is 7.80. The second kappa shape index (κ2) is 12.4. The Bertz CT molecular complexity index is 1100. The molecule has 0 bridgehead atoms. The summed E-state index contributed by atoms with van der Waals surface area (Å²) in [4.78, 5) is 29.7.